The van der Waals surface area contributed by atoms with E-state index in [1.165, 1.54) is 13.2 Å². The van der Waals surface area contributed by atoms with Gasteiger partial charge in [0.1, 0.15) is 5.75 Å². The molecule has 0 aromatic heterocycles. The SMILES string of the molecule is CC[C@@H](NC(=O)c1ccccc1NC(=O)c1ccc(OC)cc1)C(=O)[O-]. The van der Waals surface area contributed by atoms with Crippen LogP contribution in [0.3, 0.4) is 0 Å². The molecule has 2 rings (SSSR count). The summed E-state index contributed by atoms with van der Waals surface area (Å²) < 4.78 is 5.05. The van der Waals surface area contributed by atoms with Crippen molar-refractivity contribution in [3.8, 4) is 5.75 Å². The molecule has 0 heterocycles. The molecular formula is C19H19N2O5-. The maximum Gasteiger partial charge on any atom is 0.255 e. The highest BCUT2D eigenvalue weighted by Gasteiger charge is 2.17. The van der Waals surface area contributed by atoms with Crippen molar-refractivity contribution in [3.05, 3.63) is 59.7 Å². The fourth-order valence-electron chi connectivity index (χ4n) is 2.29. The van der Waals surface area contributed by atoms with Crippen LogP contribution < -0.4 is 20.5 Å². The Hall–Kier alpha value is -3.35. The molecule has 0 aliphatic heterocycles. The summed E-state index contributed by atoms with van der Waals surface area (Å²) in [5.41, 5.74) is 0.829. The van der Waals surface area contributed by atoms with Crippen LogP contribution >= 0.6 is 0 Å². The Bertz CT molecular complexity index is 802. The number of nitrogens with one attached hydrogen (secondary N) is 2. The molecule has 0 saturated heterocycles. The van der Waals surface area contributed by atoms with Crippen molar-refractivity contribution in [1.29, 1.82) is 0 Å². The second-order valence-corrected chi connectivity index (χ2v) is 5.48. The number of carbonyl (C=O) groups excluding carboxylic acids is 3. The van der Waals surface area contributed by atoms with Gasteiger partial charge in [-0.15, -0.1) is 0 Å². The molecule has 2 amide bonds. The average Bonchev–Trinajstić information content (AvgIpc) is 2.66. The molecule has 1 atom stereocenters. The molecule has 0 aliphatic rings. The van der Waals surface area contributed by atoms with Crippen LogP contribution in [0.1, 0.15) is 34.1 Å². The summed E-state index contributed by atoms with van der Waals surface area (Å²) in [7, 11) is 1.53. The maximum atomic E-state index is 12.4. The smallest absolute Gasteiger partial charge is 0.255 e. The topological polar surface area (TPSA) is 108 Å². The molecule has 0 bridgehead atoms. The zero-order valence-electron chi connectivity index (χ0n) is 14.4. The highest BCUT2D eigenvalue weighted by atomic mass is 16.5. The fraction of sp³-hybridized carbons (Fsp3) is 0.211. The minimum absolute atomic E-state index is 0.161. The van der Waals surface area contributed by atoms with Gasteiger partial charge < -0.3 is 25.3 Å². The first-order valence-electron chi connectivity index (χ1n) is 8.02. The molecule has 0 unspecified atom stereocenters. The third-order valence-corrected chi connectivity index (χ3v) is 3.77. The third kappa shape index (κ3) is 4.60. The lowest BCUT2D eigenvalue weighted by molar-refractivity contribution is -0.308. The average molecular weight is 355 g/mol. The maximum absolute atomic E-state index is 12.4. The van der Waals surface area contributed by atoms with Crippen molar-refractivity contribution >= 4 is 23.5 Å². The van der Waals surface area contributed by atoms with E-state index in [4.69, 9.17) is 4.74 Å². The number of carboxylic acid groups (broad SMARTS) is 1. The Kier molecular flexibility index (Phi) is 6.32. The fourth-order valence-corrected chi connectivity index (χ4v) is 2.29. The van der Waals surface area contributed by atoms with Crippen molar-refractivity contribution in [2.45, 2.75) is 19.4 Å². The lowest BCUT2D eigenvalue weighted by atomic mass is 10.1. The Balaban J connectivity index is 2.18. The molecule has 2 aromatic carbocycles. The van der Waals surface area contributed by atoms with Crippen molar-refractivity contribution < 1.29 is 24.2 Å². The number of anilines is 1. The van der Waals surface area contributed by atoms with E-state index in [0.29, 0.717) is 11.3 Å². The normalized spacial score (nSPS) is 11.3. The van der Waals surface area contributed by atoms with Crippen LogP contribution in [0.15, 0.2) is 48.5 Å². The number of amides is 2. The second-order valence-electron chi connectivity index (χ2n) is 5.48. The van der Waals surface area contributed by atoms with E-state index in [1.807, 2.05) is 0 Å². The number of methoxy groups -OCH3 is 1. The van der Waals surface area contributed by atoms with E-state index < -0.39 is 23.8 Å². The molecule has 7 nitrogen and oxygen atoms in total. The molecule has 136 valence electrons. The van der Waals surface area contributed by atoms with Crippen molar-refractivity contribution in [2.75, 3.05) is 12.4 Å². The van der Waals surface area contributed by atoms with Gasteiger partial charge in [-0.1, -0.05) is 19.1 Å². The molecule has 0 radical (unpaired) electrons. The third-order valence-electron chi connectivity index (χ3n) is 3.77. The number of para-hydroxylation sites is 1. The van der Waals surface area contributed by atoms with Crippen LogP contribution in [-0.2, 0) is 4.79 Å². The van der Waals surface area contributed by atoms with Crippen LogP contribution in [0.4, 0.5) is 5.69 Å². The van der Waals surface area contributed by atoms with Gasteiger partial charge in [0.2, 0.25) is 0 Å². The Labute approximate surface area is 151 Å². The number of ether oxygens (including phenoxy) is 1. The van der Waals surface area contributed by atoms with E-state index in [0.717, 1.165) is 0 Å². The van der Waals surface area contributed by atoms with Crippen molar-refractivity contribution in [2.24, 2.45) is 0 Å². The minimum atomic E-state index is -1.36. The lowest BCUT2D eigenvalue weighted by Gasteiger charge is -2.19. The summed E-state index contributed by atoms with van der Waals surface area (Å²) in [5.74, 6) is -1.75. The van der Waals surface area contributed by atoms with E-state index >= 15 is 0 Å². The number of carbonyl (C=O) groups is 3. The molecule has 2 aromatic rings. The van der Waals surface area contributed by atoms with Crippen LogP contribution in [0.5, 0.6) is 5.75 Å². The van der Waals surface area contributed by atoms with E-state index in [1.54, 1.807) is 49.4 Å². The summed E-state index contributed by atoms with van der Waals surface area (Å²) >= 11 is 0. The molecular weight excluding hydrogens is 336 g/mol. The highest BCUT2D eigenvalue weighted by Crippen LogP contribution is 2.18. The standard InChI is InChI=1S/C19H20N2O5/c1-3-15(19(24)25)20-18(23)14-6-4-5-7-16(14)21-17(22)12-8-10-13(26-2)11-9-12/h4-11,15H,3H2,1-2H3,(H,20,23)(H,21,22)(H,24,25)/p-1/t15-/m1/s1. The number of hydrogen-bond donors (Lipinski definition) is 2. The summed E-state index contributed by atoms with van der Waals surface area (Å²) in [6, 6.07) is 11.7. The first-order valence-corrected chi connectivity index (χ1v) is 8.02. The van der Waals surface area contributed by atoms with Gasteiger partial charge in [0, 0.05) is 5.56 Å². The van der Waals surface area contributed by atoms with Gasteiger partial charge in [0.05, 0.1) is 30.4 Å². The monoisotopic (exact) mass is 355 g/mol. The summed E-state index contributed by atoms with van der Waals surface area (Å²) in [6.45, 7) is 1.62. The van der Waals surface area contributed by atoms with Crippen LogP contribution in [0, 0.1) is 0 Å². The van der Waals surface area contributed by atoms with Gasteiger partial charge in [0.15, 0.2) is 0 Å². The quantitative estimate of drug-likeness (QED) is 0.776. The largest absolute Gasteiger partial charge is 0.548 e. The molecule has 7 heteroatoms. The van der Waals surface area contributed by atoms with Gasteiger partial charge in [-0.25, -0.2) is 0 Å². The molecule has 2 N–H and O–H groups in total. The van der Waals surface area contributed by atoms with Crippen molar-refractivity contribution in [1.82, 2.24) is 5.32 Å². The van der Waals surface area contributed by atoms with Gasteiger partial charge >= 0.3 is 0 Å². The number of rotatable bonds is 7. The molecule has 26 heavy (non-hydrogen) atoms. The van der Waals surface area contributed by atoms with E-state index in [2.05, 4.69) is 10.6 Å². The molecule has 0 aliphatic carbocycles. The Morgan fingerprint density at radius 2 is 1.69 bits per heavy atom. The van der Waals surface area contributed by atoms with E-state index in [-0.39, 0.29) is 17.7 Å². The van der Waals surface area contributed by atoms with Crippen LogP contribution in [0.25, 0.3) is 0 Å². The van der Waals surface area contributed by atoms with Gasteiger partial charge in [-0.2, -0.15) is 0 Å². The predicted octanol–water partition coefficient (Wildman–Crippen LogP) is 1.21. The molecule has 0 fully saturated rings. The second kappa shape index (κ2) is 8.66. The number of hydrogen-bond acceptors (Lipinski definition) is 5. The molecule has 0 spiro atoms. The number of aliphatic carboxylic acids is 1. The molecule has 0 saturated carbocycles. The minimum Gasteiger partial charge on any atom is -0.548 e. The lowest BCUT2D eigenvalue weighted by Crippen LogP contribution is -2.47. The highest BCUT2D eigenvalue weighted by molar-refractivity contribution is 6.09. The van der Waals surface area contributed by atoms with Crippen LogP contribution in [0.2, 0.25) is 0 Å². The van der Waals surface area contributed by atoms with Gasteiger partial charge in [0.25, 0.3) is 11.8 Å². The van der Waals surface area contributed by atoms with Gasteiger partial charge in [-0.05, 0) is 42.8 Å². The summed E-state index contributed by atoms with van der Waals surface area (Å²) in [5, 5.41) is 16.0. The predicted molar refractivity (Wildman–Crippen MR) is 93.9 cm³/mol. The summed E-state index contributed by atoms with van der Waals surface area (Å²) in [6.07, 6.45) is 0.189. The Morgan fingerprint density at radius 3 is 2.27 bits per heavy atom. The first-order chi connectivity index (χ1) is 12.5. The van der Waals surface area contributed by atoms with E-state index in [9.17, 15) is 19.5 Å². The zero-order chi connectivity index (χ0) is 19.1. The van der Waals surface area contributed by atoms with Crippen LogP contribution in [-0.4, -0.2) is 30.9 Å². The van der Waals surface area contributed by atoms with Gasteiger partial charge in [-0.3, -0.25) is 9.59 Å². The number of carboxylic acids is 1. The Morgan fingerprint density at radius 1 is 1.04 bits per heavy atom. The van der Waals surface area contributed by atoms with Crippen molar-refractivity contribution in [3.63, 3.8) is 0 Å². The summed E-state index contributed by atoms with van der Waals surface area (Å²) in [4.78, 5) is 35.7. The zero-order valence-corrected chi connectivity index (χ0v) is 14.4. The first kappa shape index (κ1) is 19.0. The number of benzene rings is 2.